The number of benzene rings is 1. The smallest absolute Gasteiger partial charge is 0.0568 e. The fourth-order valence-electron chi connectivity index (χ4n) is 1.41. The zero-order valence-corrected chi connectivity index (χ0v) is 10.3. The first-order valence-electron chi connectivity index (χ1n) is 5.15. The van der Waals surface area contributed by atoms with Crippen molar-refractivity contribution in [2.45, 2.75) is 37.0 Å². The first kappa shape index (κ1) is 12.6. The molecule has 0 spiro atoms. The topological polar surface area (TPSA) is 46.2 Å². The van der Waals surface area contributed by atoms with Crippen LogP contribution in [0.15, 0.2) is 23.1 Å². The molecule has 1 aromatic rings. The zero-order chi connectivity index (χ0) is 11.4. The Balaban J connectivity index is 2.79. The molecule has 0 aliphatic heterocycles. The lowest BCUT2D eigenvalue weighted by Crippen LogP contribution is -2.31. The number of thioether (sulfide) groups is 1. The number of rotatable bonds is 4. The molecule has 2 nitrogen and oxygen atoms in total. The van der Waals surface area contributed by atoms with Gasteiger partial charge < -0.3 is 10.8 Å². The Morgan fingerprint density at radius 3 is 2.53 bits per heavy atom. The van der Waals surface area contributed by atoms with Crippen LogP contribution in [0.5, 0.6) is 0 Å². The van der Waals surface area contributed by atoms with Crippen LogP contribution in [-0.4, -0.2) is 23.0 Å². The van der Waals surface area contributed by atoms with E-state index in [2.05, 4.69) is 32.0 Å². The summed E-state index contributed by atoms with van der Waals surface area (Å²) in [6.07, 6.45) is 0. The van der Waals surface area contributed by atoms with Gasteiger partial charge in [-0.3, -0.25) is 0 Å². The molecule has 0 aliphatic carbocycles. The summed E-state index contributed by atoms with van der Waals surface area (Å²) in [6, 6.07) is 6.34. The van der Waals surface area contributed by atoms with Crippen LogP contribution in [0.4, 0.5) is 0 Å². The maximum Gasteiger partial charge on any atom is 0.0568 e. The normalized spacial score (nSPS) is 15.0. The SMILES string of the molecule is Cc1ccc(SC(CO)C(C)N)c(C)c1. The van der Waals surface area contributed by atoms with Gasteiger partial charge in [0, 0.05) is 16.2 Å². The van der Waals surface area contributed by atoms with Crippen molar-refractivity contribution in [3.05, 3.63) is 29.3 Å². The van der Waals surface area contributed by atoms with Crippen LogP contribution < -0.4 is 5.73 Å². The van der Waals surface area contributed by atoms with E-state index < -0.39 is 0 Å². The molecule has 1 aromatic carbocycles. The lowest BCUT2D eigenvalue weighted by Gasteiger charge is -2.18. The van der Waals surface area contributed by atoms with Crippen molar-refractivity contribution in [1.29, 1.82) is 0 Å². The summed E-state index contributed by atoms with van der Waals surface area (Å²) in [6.45, 7) is 6.22. The molecule has 15 heavy (non-hydrogen) atoms. The molecule has 2 atom stereocenters. The monoisotopic (exact) mass is 225 g/mol. The van der Waals surface area contributed by atoms with E-state index in [-0.39, 0.29) is 17.9 Å². The van der Waals surface area contributed by atoms with Crippen LogP contribution in [0.25, 0.3) is 0 Å². The highest BCUT2D eigenvalue weighted by Gasteiger charge is 2.14. The van der Waals surface area contributed by atoms with Crippen molar-refractivity contribution in [3.63, 3.8) is 0 Å². The number of aliphatic hydroxyl groups is 1. The molecule has 0 aliphatic rings. The first-order chi connectivity index (χ1) is 7.04. The molecule has 3 N–H and O–H groups in total. The molecular weight excluding hydrogens is 206 g/mol. The lowest BCUT2D eigenvalue weighted by molar-refractivity contribution is 0.285. The molecule has 0 saturated carbocycles. The first-order valence-corrected chi connectivity index (χ1v) is 6.03. The Morgan fingerprint density at radius 1 is 1.40 bits per heavy atom. The number of aryl methyl sites for hydroxylation is 2. The quantitative estimate of drug-likeness (QED) is 0.771. The highest BCUT2D eigenvalue weighted by molar-refractivity contribution is 8.00. The zero-order valence-electron chi connectivity index (χ0n) is 9.53. The molecule has 0 radical (unpaired) electrons. The van der Waals surface area contributed by atoms with Crippen molar-refractivity contribution in [2.75, 3.05) is 6.61 Å². The number of hydrogen-bond donors (Lipinski definition) is 2. The van der Waals surface area contributed by atoms with Gasteiger partial charge in [0.25, 0.3) is 0 Å². The van der Waals surface area contributed by atoms with E-state index in [9.17, 15) is 5.11 Å². The Bertz CT molecular complexity index is 325. The Kier molecular flexibility index (Phi) is 4.64. The third-order valence-corrected chi connectivity index (χ3v) is 3.97. The predicted molar refractivity (Wildman–Crippen MR) is 66.3 cm³/mol. The van der Waals surface area contributed by atoms with E-state index in [4.69, 9.17) is 5.73 Å². The lowest BCUT2D eigenvalue weighted by atomic mass is 10.2. The second-order valence-corrected chi connectivity index (χ2v) is 5.25. The third kappa shape index (κ3) is 3.52. The number of nitrogens with two attached hydrogens (primary N) is 1. The van der Waals surface area contributed by atoms with Crippen molar-refractivity contribution < 1.29 is 5.11 Å². The van der Waals surface area contributed by atoms with Gasteiger partial charge in [-0.05, 0) is 32.4 Å². The third-order valence-electron chi connectivity index (χ3n) is 2.38. The van der Waals surface area contributed by atoms with Crippen molar-refractivity contribution in [2.24, 2.45) is 5.73 Å². The predicted octanol–water partition coefficient (Wildman–Crippen LogP) is 2.10. The minimum atomic E-state index is 0.000651. The van der Waals surface area contributed by atoms with E-state index >= 15 is 0 Å². The van der Waals surface area contributed by atoms with Crippen LogP contribution >= 0.6 is 11.8 Å². The van der Waals surface area contributed by atoms with Crippen LogP contribution in [0.1, 0.15) is 18.1 Å². The molecule has 0 aromatic heterocycles. The Labute approximate surface area is 95.9 Å². The van der Waals surface area contributed by atoms with E-state index in [0.717, 1.165) is 0 Å². The van der Waals surface area contributed by atoms with E-state index in [1.165, 1.54) is 16.0 Å². The molecule has 0 heterocycles. The molecule has 84 valence electrons. The van der Waals surface area contributed by atoms with Crippen LogP contribution in [0.2, 0.25) is 0 Å². The van der Waals surface area contributed by atoms with Gasteiger partial charge in [-0.1, -0.05) is 17.7 Å². The maximum absolute atomic E-state index is 9.20. The van der Waals surface area contributed by atoms with Gasteiger partial charge in [-0.2, -0.15) is 0 Å². The molecule has 2 unspecified atom stereocenters. The largest absolute Gasteiger partial charge is 0.395 e. The minimum absolute atomic E-state index is 0.000651. The van der Waals surface area contributed by atoms with E-state index in [0.29, 0.717) is 0 Å². The van der Waals surface area contributed by atoms with E-state index in [1.54, 1.807) is 11.8 Å². The maximum atomic E-state index is 9.20. The highest BCUT2D eigenvalue weighted by atomic mass is 32.2. The summed E-state index contributed by atoms with van der Waals surface area (Å²) in [4.78, 5) is 1.21. The minimum Gasteiger partial charge on any atom is -0.395 e. The molecule has 0 fully saturated rings. The summed E-state index contributed by atoms with van der Waals surface area (Å²) in [5.41, 5.74) is 8.31. The molecular formula is C12H19NOS. The number of hydrogen-bond acceptors (Lipinski definition) is 3. The van der Waals surface area contributed by atoms with Crippen LogP contribution in [0.3, 0.4) is 0 Å². The van der Waals surface area contributed by atoms with Gasteiger partial charge in [0.2, 0.25) is 0 Å². The number of aliphatic hydroxyl groups excluding tert-OH is 1. The Hall–Kier alpha value is -0.510. The molecule has 3 heteroatoms. The fraction of sp³-hybridized carbons (Fsp3) is 0.500. The van der Waals surface area contributed by atoms with Gasteiger partial charge >= 0.3 is 0 Å². The average Bonchev–Trinajstić information content (AvgIpc) is 2.16. The summed E-state index contributed by atoms with van der Waals surface area (Å²) in [5.74, 6) is 0. The second-order valence-electron chi connectivity index (χ2n) is 3.97. The molecule has 0 bridgehead atoms. The van der Waals surface area contributed by atoms with E-state index in [1.807, 2.05) is 6.92 Å². The fourth-order valence-corrected chi connectivity index (χ4v) is 2.41. The highest BCUT2D eigenvalue weighted by Crippen LogP contribution is 2.28. The standard InChI is InChI=1S/C12H19NOS/c1-8-4-5-11(9(2)6-8)15-12(7-14)10(3)13/h4-6,10,12,14H,7,13H2,1-3H3. The van der Waals surface area contributed by atoms with Crippen molar-refractivity contribution >= 4 is 11.8 Å². The van der Waals surface area contributed by atoms with Gasteiger partial charge in [0.05, 0.1) is 6.61 Å². The van der Waals surface area contributed by atoms with Crippen LogP contribution in [-0.2, 0) is 0 Å². The van der Waals surface area contributed by atoms with Gasteiger partial charge in [0.15, 0.2) is 0 Å². The summed E-state index contributed by atoms with van der Waals surface area (Å²) >= 11 is 1.66. The van der Waals surface area contributed by atoms with Crippen LogP contribution in [0, 0.1) is 13.8 Å². The van der Waals surface area contributed by atoms with Crippen molar-refractivity contribution in [3.8, 4) is 0 Å². The summed E-state index contributed by atoms with van der Waals surface area (Å²) in [7, 11) is 0. The van der Waals surface area contributed by atoms with Crippen molar-refractivity contribution in [1.82, 2.24) is 0 Å². The van der Waals surface area contributed by atoms with Gasteiger partial charge in [-0.15, -0.1) is 11.8 Å². The second kappa shape index (κ2) is 5.54. The molecule has 0 amide bonds. The summed E-state index contributed by atoms with van der Waals surface area (Å²) in [5, 5.41) is 9.28. The summed E-state index contributed by atoms with van der Waals surface area (Å²) < 4.78 is 0. The molecule has 0 saturated heterocycles. The van der Waals surface area contributed by atoms with Gasteiger partial charge in [-0.25, -0.2) is 0 Å². The Morgan fingerprint density at radius 2 is 2.07 bits per heavy atom. The average molecular weight is 225 g/mol. The molecule has 1 rings (SSSR count). The van der Waals surface area contributed by atoms with Gasteiger partial charge in [0.1, 0.15) is 0 Å².